The normalized spacial score (nSPS) is 10.9. The first-order valence-corrected chi connectivity index (χ1v) is 6.56. The minimum atomic E-state index is -0.225. The SMILES string of the molecule is O=C(N/N=C/c1ccncc1)c1cccc2ccccc12. The summed E-state index contributed by atoms with van der Waals surface area (Å²) in [6, 6.07) is 17.0. The Morgan fingerprint density at radius 1 is 1.00 bits per heavy atom. The van der Waals surface area contributed by atoms with Gasteiger partial charge in [-0.05, 0) is 34.5 Å². The summed E-state index contributed by atoms with van der Waals surface area (Å²) in [4.78, 5) is 16.1. The smallest absolute Gasteiger partial charge is 0.267 e. The van der Waals surface area contributed by atoms with Crippen LogP contribution in [0, 0.1) is 0 Å². The number of carbonyl (C=O) groups excluding carboxylic acids is 1. The molecular formula is C17H13N3O. The molecule has 21 heavy (non-hydrogen) atoms. The molecule has 0 aliphatic carbocycles. The maximum atomic E-state index is 12.2. The van der Waals surface area contributed by atoms with E-state index in [1.165, 1.54) is 0 Å². The van der Waals surface area contributed by atoms with Crippen LogP contribution < -0.4 is 5.43 Å². The Bertz CT molecular complexity index is 792. The zero-order valence-electron chi connectivity index (χ0n) is 11.2. The van der Waals surface area contributed by atoms with Gasteiger partial charge in [0.05, 0.1) is 6.21 Å². The van der Waals surface area contributed by atoms with Gasteiger partial charge < -0.3 is 0 Å². The fourth-order valence-electron chi connectivity index (χ4n) is 2.10. The number of nitrogens with one attached hydrogen (secondary N) is 1. The highest BCUT2D eigenvalue weighted by atomic mass is 16.2. The van der Waals surface area contributed by atoms with Crippen molar-refractivity contribution >= 4 is 22.9 Å². The molecule has 4 heteroatoms. The minimum Gasteiger partial charge on any atom is -0.267 e. The van der Waals surface area contributed by atoms with Crippen molar-refractivity contribution in [3.8, 4) is 0 Å². The number of fused-ring (bicyclic) bond motifs is 1. The number of amides is 1. The number of nitrogens with zero attached hydrogens (tertiary/aromatic N) is 2. The summed E-state index contributed by atoms with van der Waals surface area (Å²) >= 11 is 0. The predicted octanol–water partition coefficient (Wildman–Crippen LogP) is 3.00. The molecule has 4 nitrogen and oxygen atoms in total. The van der Waals surface area contributed by atoms with E-state index in [0.29, 0.717) is 5.56 Å². The number of hydrogen-bond donors (Lipinski definition) is 1. The zero-order valence-corrected chi connectivity index (χ0v) is 11.2. The molecule has 0 saturated carbocycles. The van der Waals surface area contributed by atoms with Gasteiger partial charge in [0.15, 0.2) is 0 Å². The number of rotatable bonds is 3. The third-order valence-corrected chi connectivity index (χ3v) is 3.12. The average molecular weight is 275 g/mol. The minimum absolute atomic E-state index is 0.225. The van der Waals surface area contributed by atoms with Crippen LogP contribution in [0.15, 0.2) is 72.1 Å². The lowest BCUT2D eigenvalue weighted by Gasteiger charge is -2.04. The van der Waals surface area contributed by atoms with Gasteiger partial charge in [-0.15, -0.1) is 0 Å². The van der Waals surface area contributed by atoms with E-state index in [9.17, 15) is 4.79 Å². The van der Waals surface area contributed by atoms with Crippen molar-refractivity contribution in [2.75, 3.05) is 0 Å². The van der Waals surface area contributed by atoms with Crippen LogP contribution in [0.25, 0.3) is 10.8 Å². The maximum Gasteiger partial charge on any atom is 0.271 e. The van der Waals surface area contributed by atoms with Crippen LogP contribution in [0.3, 0.4) is 0 Å². The first-order chi connectivity index (χ1) is 10.3. The fraction of sp³-hybridized carbons (Fsp3) is 0. The van der Waals surface area contributed by atoms with Gasteiger partial charge in [0.1, 0.15) is 0 Å². The van der Waals surface area contributed by atoms with Crippen molar-refractivity contribution in [3.63, 3.8) is 0 Å². The molecule has 0 aliphatic rings. The maximum absolute atomic E-state index is 12.2. The predicted molar refractivity (Wildman–Crippen MR) is 83.2 cm³/mol. The third-order valence-electron chi connectivity index (χ3n) is 3.12. The van der Waals surface area contributed by atoms with Gasteiger partial charge in [0.2, 0.25) is 0 Å². The molecule has 0 unspecified atom stereocenters. The van der Waals surface area contributed by atoms with Gasteiger partial charge in [-0.2, -0.15) is 5.10 Å². The molecule has 1 N–H and O–H groups in total. The van der Waals surface area contributed by atoms with Crippen LogP contribution in [-0.4, -0.2) is 17.1 Å². The van der Waals surface area contributed by atoms with Crippen LogP contribution in [0.4, 0.5) is 0 Å². The summed E-state index contributed by atoms with van der Waals surface area (Å²) in [5.41, 5.74) is 4.04. The van der Waals surface area contributed by atoms with Crippen LogP contribution in [-0.2, 0) is 0 Å². The summed E-state index contributed by atoms with van der Waals surface area (Å²) in [6.07, 6.45) is 4.94. The Labute approximate surface area is 122 Å². The summed E-state index contributed by atoms with van der Waals surface area (Å²) in [6.45, 7) is 0. The molecule has 0 aliphatic heterocycles. The molecule has 0 radical (unpaired) electrons. The highest BCUT2D eigenvalue weighted by Gasteiger charge is 2.08. The van der Waals surface area contributed by atoms with Gasteiger partial charge in [-0.1, -0.05) is 36.4 Å². The van der Waals surface area contributed by atoms with Gasteiger partial charge in [-0.3, -0.25) is 9.78 Å². The van der Waals surface area contributed by atoms with Gasteiger partial charge in [0, 0.05) is 18.0 Å². The molecule has 0 bridgehead atoms. The molecule has 0 fully saturated rings. The van der Waals surface area contributed by atoms with Crippen LogP contribution in [0.2, 0.25) is 0 Å². The standard InChI is InChI=1S/C17H13N3O/c21-17(20-19-12-13-8-10-18-11-9-13)16-7-3-5-14-4-1-2-6-15(14)16/h1-12H,(H,20,21)/b19-12+. The molecule has 1 amide bonds. The zero-order chi connectivity index (χ0) is 14.5. The topological polar surface area (TPSA) is 54.4 Å². The van der Waals surface area contributed by atoms with Crippen LogP contribution >= 0.6 is 0 Å². The molecule has 0 atom stereocenters. The average Bonchev–Trinajstić information content (AvgIpc) is 2.55. The van der Waals surface area contributed by atoms with Crippen LogP contribution in [0.5, 0.6) is 0 Å². The van der Waals surface area contributed by atoms with E-state index in [1.54, 1.807) is 24.7 Å². The molecule has 3 rings (SSSR count). The van der Waals surface area contributed by atoms with Crippen molar-refractivity contribution in [2.24, 2.45) is 5.10 Å². The van der Waals surface area contributed by atoms with E-state index in [-0.39, 0.29) is 5.91 Å². The molecule has 102 valence electrons. The second-order valence-corrected chi connectivity index (χ2v) is 4.51. The molecular weight excluding hydrogens is 262 g/mol. The van der Waals surface area contributed by atoms with Crippen molar-refractivity contribution in [1.82, 2.24) is 10.4 Å². The molecule has 1 aromatic heterocycles. The highest BCUT2D eigenvalue weighted by molar-refractivity contribution is 6.07. The number of aromatic nitrogens is 1. The molecule has 3 aromatic rings. The van der Waals surface area contributed by atoms with E-state index >= 15 is 0 Å². The summed E-state index contributed by atoms with van der Waals surface area (Å²) < 4.78 is 0. The molecule has 1 heterocycles. The van der Waals surface area contributed by atoms with E-state index < -0.39 is 0 Å². The summed E-state index contributed by atoms with van der Waals surface area (Å²) in [7, 11) is 0. The number of hydrazone groups is 1. The lowest BCUT2D eigenvalue weighted by molar-refractivity contribution is 0.0957. The number of carbonyl (C=O) groups is 1. The summed E-state index contributed by atoms with van der Waals surface area (Å²) in [5, 5.41) is 5.92. The van der Waals surface area contributed by atoms with Gasteiger partial charge in [0.25, 0.3) is 5.91 Å². The van der Waals surface area contributed by atoms with Crippen molar-refractivity contribution in [2.45, 2.75) is 0 Å². The van der Waals surface area contributed by atoms with E-state index in [1.807, 2.05) is 48.5 Å². The first kappa shape index (κ1) is 13.0. The van der Waals surface area contributed by atoms with Gasteiger partial charge in [-0.25, -0.2) is 5.43 Å². The van der Waals surface area contributed by atoms with Crippen molar-refractivity contribution in [1.29, 1.82) is 0 Å². The Morgan fingerprint density at radius 2 is 1.76 bits per heavy atom. The lowest BCUT2D eigenvalue weighted by atomic mass is 10.0. The quantitative estimate of drug-likeness (QED) is 0.590. The highest BCUT2D eigenvalue weighted by Crippen LogP contribution is 2.18. The van der Waals surface area contributed by atoms with E-state index in [4.69, 9.17) is 0 Å². The Morgan fingerprint density at radius 3 is 2.62 bits per heavy atom. The Balaban J connectivity index is 1.80. The number of pyridine rings is 1. The molecule has 0 saturated heterocycles. The van der Waals surface area contributed by atoms with Gasteiger partial charge >= 0.3 is 0 Å². The third kappa shape index (κ3) is 2.95. The fourth-order valence-corrected chi connectivity index (χ4v) is 2.10. The number of benzene rings is 2. The van der Waals surface area contributed by atoms with E-state index in [0.717, 1.165) is 16.3 Å². The first-order valence-electron chi connectivity index (χ1n) is 6.56. The van der Waals surface area contributed by atoms with Crippen molar-refractivity contribution in [3.05, 3.63) is 78.1 Å². The second kappa shape index (κ2) is 5.96. The van der Waals surface area contributed by atoms with Crippen molar-refractivity contribution < 1.29 is 4.79 Å². The Kier molecular flexibility index (Phi) is 3.69. The monoisotopic (exact) mass is 275 g/mol. The molecule has 2 aromatic carbocycles. The largest absolute Gasteiger partial charge is 0.271 e. The number of hydrogen-bond acceptors (Lipinski definition) is 3. The Hall–Kier alpha value is -3.01. The lowest BCUT2D eigenvalue weighted by Crippen LogP contribution is -2.17. The molecule has 0 spiro atoms. The summed E-state index contributed by atoms with van der Waals surface area (Å²) in [5.74, 6) is -0.225. The second-order valence-electron chi connectivity index (χ2n) is 4.51. The van der Waals surface area contributed by atoms with E-state index in [2.05, 4.69) is 15.5 Å². The van der Waals surface area contributed by atoms with Crippen LogP contribution in [0.1, 0.15) is 15.9 Å².